The van der Waals surface area contributed by atoms with Crippen LogP contribution < -0.4 is 5.73 Å². The molecule has 3 nitrogen and oxygen atoms in total. The molecule has 0 amide bonds. The fourth-order valence-corrected chi connectivity index (χ4v) is 3.53. The first-order chi connectivity index (χ1) is 8.93. The zero-order chi connectivity index (χ0) is 13.7. The normalized spacial score (nSPS) is 32.3. The standard InChI is InChI=1S/C16H23N3/c1-15(2)9-13(15)16(3)11-18-14(17)19(16)10-12-7-5-4-6-8-12/h4-8,13H,9-11H2,1-3H3,(H2,17,18). The summed E-state index contributed by atoms with van der Waals surface area (Å²) in [6, 6.07) is 10.5. The number of guanidine groups is 1. The summed E-state index contributed by atoms with van der Waals surface area (Å²) < 4.78 is 0. The zero-order valence-electron chi connectivity index (χ0n) is 12.1. The van der Waals surface area contributed by atoms with Crippen LogP contribution in [0.4, 0.5) is 0 Å². The number of hydrogen-bond donors (Lipinski definition) is 1. The van der Waals surface area contributed by atoms with E-state index in [1.165, 1.54) is 12.0 Å². The molecule has 2 N–H and O–H groups in total. The third-order valence-electron chi connectivity index (χ3n) is 4.90. The molecule has 19 heavy (non-hydrogen) atoms. The quantitative estimate of drug-likeness (QED) is 0.904. The van der Waals surface area contributed by atoms with Gasteiger partial charge in [-0.25, -0.2) is 0 Å². The molecule has 1 heterocycles. The third kappa shape index (κ3) is 2.01. The van der Waals surface area contributed by atoms with Crippen molar-refractivity contribution >= 4 is 5.96 Å². The fourth-order valence-electron chi connectivity index (χ4n) is 3.53. The molecule has 1 aromatic carbocycles. The SMILES string of the molecule is CC1(C)CC1C1(C)CN=C(N)N1Cc1ccccc1. The Balaban J connectivity index is 1.83. The van der Waals surface area contributed by atoms with E-state index in [1.54, 1.807) is 0 Å². The van der Waals surface area contributed by atoms with Crippen LogP contribution in [0, 0.1) is 11.3 Å². The first kappa shape index (κ1) is 12.5. The van der Waals surface area contributed by atoms with Crippen LogP contribution in [-0.2, 0) is 6.54 Å². The molecule has 3 heteroatoms. The first-order valence-electron chi connectivity index (χ1n) is 7.05. The summed E-state index contributed by atoms with van der Waals surface area (Å²) >= 11 is 0. The lowest BCUT2D eigenvalue weighted by Gasteiger charge is -2.38. The van der Waals surface area contributed by atoms with Crippen LogP contribution in [-0.4, -0.2) is 22.9 Å². The molecule has 2 unspecified atom stereocenters. The van der Waals surface area contributed by atoms with Crippen LogP contribution in [0.2, 0.25) is 0 Å². The van der Waals surface area contributed by atoms with Crippen molar-refractivity contribution in [2.45, 2.75) is 39.3 Å². The van der Waals surface area contributed by atoms with Gasteiger partial charge < -0.3 is 10.6 Å². The number of rotatable bonds is 3. The summed E-state index contributed by atoms with van der Waals surface area (Å²) in [6.07, 6.45) is 1.28. The lowest BCUT2D eigenvalue weighted by atomic mass is 9.89. The van der Waals surface area contributed by atoms with Gasteiger partial charge >= 0.3 is 0 Å². The van der Waals surface area contributed by atoms with E-state index in [4.69, 9.17) is 5.73 Å². The van der Waals surface area contributed by atoms with Gasteiger partial charge in [-0.15, -0.1) is 0 Å². The van der Waals surface area contributed by atoms with E-state index < -0.39 is 0 Å². The smallest absolute Gasteiger partial charge is 0.192 e. The largest absolute Gasteiger partial charge is 0.370 e. The van der Waals surface area contributed by atoms with Gasteiger partial charge in [0, 0.05) is 6.54 Å². The molecule has 102 valence electrons. The lowest BCUT2D eigenvalue weighted by molar-refractivity contribution is 0.166. The summed E-state index contributed by atoms with van der Waals surface area (Å²) in [5.74, 6) is 1.39. The number of aliphatic imine (C=N–C) groups is 1. The van der Waals surface area contributed by atoms with E-state index >= 15 is 0 Å². The minimum absolute atomic E-state index is 0.0867. The monoisotopic (exact) mass is 257 g/mol. The molecular formula is C16H23N3. The van der Waals surface area contributed by atoms with E-state index in [9.17, 15) is 0 Å². The summed E-state index contributed by atoms with van der Waals surface area (Å²) in [7, 11) is 0. The fraction of sp³-hybridized carbons (Fsp3) is 0.562. The third-order valence-corrected chi connectivity index (χ3v) is 4.90. The van der Waals surface area contributed by atoms with E-state index in [2.05, 4.69) is 54.9 Å². The van der Waals surface area contributed by atoms with Crippen LogP contribution >= 0.6 is 0 Å². The van der Waals surface area contributed by atoms with Gasteiger partial charge in [0.25, 0.3) is 0 Å². The van der Waals surface area contributed by atoms with Gasteiger partial charge in [0.1, 0.15) is 0 Å². The summed E-state index contributed by atoms with van der Waals surface area (Å²) in [5, 5.41) is 0. The van der Waals surface area contributed by atoms with Crippen molar-refractivity contribution in [1.29, 1.82) is 0 Å². The molecule has 0 radical (unpaired) electrons. The van der Waals surface area contributed by atoms with Gasteiger partial charge in [-0.1, -0.05) is 44.2 Å². The van der Waals surface area contributed by atoms with E-state index in [1.807, 2.05) is 6.07 Å². The van der Waals surface area contributed by atoms with Gasteiger partial charge in [-0.05, 0) is 30.2 Å². The molecule has 1 aromatic rings. The Bertz CT molecular complexity index is 506. The Morgan fingerprint density at radius 1 is 1.26 bits per heavy atom. The Morgan fingerprint density at radius 3 is 2.47 bits per heavy atom. The highest BCUT2D eigenvalue weighted by Crippen LogP contribution is 2.59. The maximum atomic E-state index is 6.13. The molecule has 1 aliphatic carbocycles. The highest BCUT2D eigenvalue weighted by molar-refractivity contribution is 5.81. The van der Waals surface area contributed by atoms with Gasteiger partial charge in [0.05, 0.1) is 12.1 Å². The van der Waals surface area contributed by atoms with Crippen molar-refractivity contribution in [1.82, 2.24) is 4.90 Å². The molecular weight excluding hydrogens is 234 g/mol. The van der Waals surface area contributed by atoms with E-state index in [0.717, 1.165) is 13.1 Å². The van der Waals surface area contributed by atoms with E-state index in [-0.39, 0.29) is 5.54 Å². The Labute approximate surface area is 115 Å². The van der Waals surface area contributed by atoms with Crippen molar-refractivity contribution < 1.29 is 0 Å². The molecule has 3 rings (SSSR count). The van der Waals surface area contributed by atoms with Gasteiger partial charge in [0.15, 0.2) is 5.96 Å². The average molecular weight is 257 g/mol. The molecule has 1 fully saturated rings. The number of hydrogen-bond acceptors (Lipinski definition) is 3. The van der Waals surface area contributed by atoms with Crippen LogP contribution in [0.5, 0.6) is 0 Å². The number of nitrogens with zero attached hydrogens (tertiary/aromatic N) is 2. The Morgan fingerprint density at radius 2 is 1.89 bits per heavy atom. The van der Waals surface area contributed by atoms with Crippen molar-refractivity contribution in [3.05, 3.63) is 35.9 Å². The molecule has 1 saturated carbocycles. The minimum Gasteiger partial charge on any atom is -0.370 e. The maximum absolute atomic E-state index is 6.13. The van der Waals surface area contributed by atoms with Gasteiger partial charge in [0.2, 0.25) is 0 Å². The van der Waals surface area contributed by atoms with Crippen LogP contribution in [0.15, 0.2) is 35.3 Å². The van der Waals surface area contributed by atoms with Crippen molar-refractivity contribution in [2.75, 3.05) is 6.54 Å². The average Bonchev–Trinajstić information content (AvgIpc) is 2.95. The molecule has 0 saturated heterocycles. The number of benzene rings is 1. The van der Waals surface area contributed by atoms with Crippen LogP contribution in [0.25, 0.3) is 0 Å². The van der Waals surface area contributed by atoms with Crippen molar-refractivity contribution in [2.24, 2.45) is 22.1 Å². The lowest BCUT2D eigenvalue weighted by Crippen LogP contribution is -2.51. The highest BCUT2D eigenvalue weighted by atomic mass is 15.4. The molecule has 0 bridgehead atoms. The molecule has 0 aromatic heterocycles. The van der Waals surface area contributed by atoms with Crippen LogP contribution in [0.3, 0.4) is 0 Å². The molecule has 1 aliphatic heterocycles. The highest BCUT2D eigenvalue weighted by Gasteiger charge is 2.59. The molecule has 0 spiro atoms. The summed E-state index contributed by atoms with van der Waals surface area (Å²) in [4.78, 5) is 6.82. The minimum atomic E-state index is 0.0867. The summed E-state index contributed by atoms with van der Waals surface area (Å²) in [5.41, 5.74) is 7.95. The number of nitrogens with two attached hydrogens (primary N) is 1. The predicted octanol–water partition coefficient (Wildman–Crippen LogP) is 2.62. The van der Waals surface area contributed by atoms with Crippen molar-refractivity contribution in [3.63, 3.8) is 0 Å². The van der Waals surface area contributed by atoms with Crippen molar-refractivity contribution in [3.8, 4) is 0 Å². The second-order valence-corrected chi connectivity index (χ2v) is 6.85. The maximum Gasteiger partial charge on any atom is 0.192 e. The Hall–Kier alpha value is -1.51. The van der Waals surface area contributed by atoms with Gasteiger partial charge in [-0.2, -0.15) is 0 Å². The topological polar surface area (TPSA) is 41.6 Å². The van der Waals surface area contributed by atoms with Gasteiger partial charge in [-0.3, -0.25) is 4.99 Å². The first-order valence-corrected chi connectivity index (χ1v) is 7.05. The molecule has 2 aliphatic rings. The zero-order valence-corrected chi connectivity index (χ0v) is 12.1. The second-order valence-electron chi connectivity index (χ2n) is 6.85. The second kappa shape index (κ2) is 3.99. The van der Waals surface area contributed by atoms with Crippen LogP contribution in [0.1, 0.15) is 32.8 Å². The van der Waals surface area contributed by atoms with E-state index in [0.29, 0.717) is 17.3 Å². The Kier molecular flexibility index (Phi) is 2.63. The predicted molar refractivity (Wildman–Crippen MR) is 78.8 cm³/mol. The summed E-state index contributed by atoms with van der Waals surface area (Å²) in [6.45, 7) is 8.70. The molecule has 2 atom stereocenters.